The van der Waals surface area contributed by atoms with Crippen molar-refractivity contribution < 1.29 is 14.8 Å². The third-order valence-electron chi connectivity index (χ3n) is 3.54. The summed E-state index contributed by atoms with van der Waals surface area (Å²) in [6.45, 7) is 1.99. The van der Waals surface area contributed by atoms with E-state index in [1.807, 2.05) is 6.92 Å². The minimum Gasteiger partial charge on any atom is -0.478 e. The number of nitro groups is 1. The van der Waals surface area contributed by atoms with Crippen molar-refractivity contribution >= 4 is 17.5 Å². The Hall–Kier alpha value is -2.18. The molecule has 1 fully saturated rings. The molecule has 1 unspecified atom stereocenters. The Balaban J connectivity index is 2.38. The van der Waals surface area contributed by atoms with Gasteiger partial charge in [0, 0.05) is 25.4 Å². The molecule has 0 aliphatic heterocycles. The smallest absolute Gasteiger partial charge is 0.337 e. The highest BCUT2D eigenvalue weighted by Gasteiger charge is 2.33. The Morgan fingerprint density at radius 1 is 1.63 bits per heavy atom. The molecule has 0 radical (unpaired) electrons. The van der Waals surface area contributed by atoms with Crippen molar-refractivity contribution in [1.29, 1.82) is 0 Å². The molecule has 1 aromatic rings. The number of pyridine rings is 1. The van der Waals surface area contributed by atoms with Gasteiger partial charge >= 0.3 is 11.7 Å². The zero-order chi connectivity index (χ0) is 14.2. The molecule has 7 heteroatoms. The Bertz CT molecular complexity index is 528. The number of hydrogen-bond donors (Lipinski definition) is 1. The van der Waals surface area contributed by atoms with E-state index in [1.54, 1.807) is 11.9 Å². The van der Waals surface area contributed by atoms with Gasteiger partial charge < -0.3 is 10.0 Å². The van der Waals surface area contributed by atoms with Gasteiger partial charge in [0.1, 0.15) is 0 Å². The van der Waals surface area contributed by atoms with Gasteiger partial charge in [-0.1, -0.05) is 0 Å². The van der Waals surface area contributed by atoms with E-state index in [0.29, 0.717) is 5.92 Å². The number of carboxylic acids is 1. The van der Waals surface area contributed by atoms with Crippen LogP contribution in [0.3, 0.4) is 0 Å². The van der Waals surface area contributed by atoms with Crippen molar-refractivity contribution in [3.63, 3.8) is 0 Å². The van der Waals surface area contributed by atoms with Crippen molar-refractivity contribution in [3.05, 3.63) is 27.9 Å². The first-order chi connectivity index (χ1) is 8.91. The molecule has 0 spiro atoms. The second-order valence-corrected chi connectivity index (χ2v) is 4.82. The Kier molecular flexibility index (Phi) is 3.37. The molecule has 2 rings (SSSR count). The van der Waals surface area contributed by atoms with E-state index in [9.17, 15) is 14.9 Å². The summed E-state index contributed by atoms with van der Waals surface area (Å²) in [5.41, 5.74) is -0.446. The SMILES string of the molecule is CC(C1CC1)N(C)c1ncc(C(=O)O)cc1[N+](=O)[O-]. The normalized spacial score (nSPS) is 15.9. The van der Waals surface area contributed by atoms with Crippen LogP contribution in [0.4, 0.5) is 11.5 Å². The van der Waals surface area contributed by atoms with Crippen LogP contribution in [0.5, 0.6) is 0 Å². The van der Waals surface area contributed by atoms with Crippen LogP contribution in [0, 0.1) is 16.0 Å². The molecule has 1 aromatic heterocycles. The quantitative estimate of drug-likeness (QED) is 0.645. The molecule has 1 aliphatic carbocycles. The van der Waals surface area contributed by atoms with Gasteiger partial charge in [-0.25, -0.2) is 9.78 Å². The first-order valence-electron chi connectivity index (χ1n) is 6.02. The van der Waals surface area contributed by atoms with Crippen molar-refractivity contribution in [3.8, 4) is 0 Å². The van der Waals surface area contributed by atoms with E-state index in [2.05, 4.69) is 4.98 Å². The molecule has 1 aliphatic rings. The fourth-order valence-electron chi connectivity index (χ4n) is 2.06. The molecule has 0 saturated heterocycles. The van der Waals surface area contributed by atoms with Crippen molar-refractivity contribution in [2.45, 2.75) is 25.8 Å². The highest BCUT2D eigenvalue weighted by Crippen LogP contribution is 2.37. The molecule has 1 N–H and O–H groups in total. The van der Waals surface area contributed by atoms with Crippen LogP contribution < -0.4 is 4.90 Å². The summed E-state index contributed by atoms with van der Waals surface area (Å²) in [4.78, 5) is 27.0. The Morgan fingerprint density at radius 3 is 2.74 bits per heavy atom. The van der Waals surface area contributed by atoms with Crippen molar-refractivity contribution in [2.75, 3.05) is 11.9 Å². The maximum absolute atomic E-state index is 11.1. The largest absolute Gasteiger partial charge is 0.478 e. The monoisotopic (exact) mass is 265 g/mol. The Labute approximate surface area is 110 Å². The van der Waals surface area contributed by atoms with Gasteiger partial charge in [0.15, 0.2) is 0 Å². The molecule has 1 saturated carbocycles. The number of carboxylic acid groups (broad SMARTS) is 1. The van der Waals surface area contributed by atoms with Crippen LogP contribution >= 0.6 is 0 Å². The van der Waals surface area contributed by atoms with E-state index in [0.717, 1.165) is 25.1 Å². The molecular weight excluding hydrogens is 250 g/mol. The summed E-state index contributed by atoms with van der Waals surface area (Å²) in [6.07, 6.45) is 3.39. The van der Waals surface area contributed by atoms with Gasteiger partial charge in [0.05, 0.1) is 10.5 Å². The van der Waals surface area contributed by atoms with Crippen LogP contribution in [0.15, 0.2) is 12.3 Å². The van der Waals surface area contributed by atoms with Gasteiger partial charge in [-0.3, -0.25) is 10.1 Å². The molecule has 19 heavy (non-hydrogen) atoms. The van der Waals surface area contributed by atoms with E-state index in [4.69, 9.17) is 5.11 Å². The predicted molar refractivity (Wildman–Crippen MR) is 68.4 cm³/mol. The van der Waals surface area contributed by atoms with Gasteiger partial charge in [0.2, 0.25) is 5.82 Å². The van der Waals surface area contributed by atoms with E-state index in [1.165, 1.54) is 0 Å². The standard InChI is InChI=1S/C12H15N3O4/c1-7(8-3-4-8)14(2)11-10(15(18)19)5-9(6-13-11)12(16)17/h5-8H,3-4H2,1-2H3,(H,16,17). The van der Waals surface area contributed by atoms with Gasteiger partial charge in [0.25, 0.3) is 0 Å². The number of aromatic nitrogens is 1. The van der Waals surface area contributed by atoms with Crippen LogP contribution in [-0.4, -0.2) is 34.1 Å². The van der Waals surface area contributed by atoms with Crippen LogP contribution in [0.2, 0.25) is 0 Å². The number of carbonyl (C=O) groups is 1. The summed E-state index contributed by atoms with van der Waals surface area (Å²) >= 11 is 0. The van der Waals surface area contributed by atoms with Crippen molar-refractivity contribution in [2.24, 2.45) is 5.92 Å². The van der Waals surface area contributed by atoms with Gasteiger partial charge in [-0.2, -0.15) is 0 Å². The zero-order valence-corrected chi connectivity index (χ0v) is 10.7. The molecule has 7 nitrogen and oxygen atoms in total. The number of hydrogen-bond acceptors (Lipinski definition) is 5. The second kappa shape index (κ2) is 4.83. The first kappa shape index (κ1) is 13.3. The minimum absolute atomic E-state index is 0.155. The molecule has 0 bridgehead atoms. The first-order valence-corrected chi connectivity index (χ1v) is 6.02. The minimum atomic E-state index is -1.22. The fraction of sp³-hybridized carbons (Fsp3) is 0.500. The topological polar surface area (TPSA) is 96.6 Å². The third-order valence-corrected chi connectivity index (χ3v) is 3.54. The fourth-order valence-corrected chi connectivity index (χ4v) is 2.06. The average molecular weight is 265 g/mol. The van der Waals surface area contributed by atoms with E-state index < -0.39 is 10.9 Å². The number of aromatic carboxylic acids is 1. The predicted octanol–water partition coefficient (Wildman–Crippen LogP) is 1.92. The lowest BCUT2D eigenvalue weighted by Crippen LogP contribution is -2.32. The molecule has 1 atom stereocenters. The van der Waals surface area contributed by atoms with Crippen LogP contribution in [0.25, 0.3) is 0 Å². The summed E-state index contributed by atoms with van der Waals surface area (Å²) in [7, 11) is 1.75. The number of rotatable bonds is 5. The maximum atomic E-state index is 11.1. The van der Waals surface area contributed by atoms with Gasteiger partial charge in [-0.15, -0.1) is 0 Å². The summed E-state index contributed by atoms with van der Waals surface area (Å²) < 4.78 is 0. The highest BCUT2D eigenvalue weighted by molar-refractivity contribution is 5.88. The lowest BCUT2D eigenvalue weighted by Gasteiger charge is -2.25. The van der Waals surface area contributed by atoms with Crippen LogP contribution in [0.1, 0.15) is 30.1 Å². The Morgan fingerprint density at radius 2 is 2.26 bits per heavy atom. The maximum Gasteiger partial charge on any atom is 0.337 e. The average Bonchev–Trinajstić information content (AvgIpc) is 3.20. The third kappa shape index (κ3) is 2.64. The highest BCUT2D eigenvalue weighted by atomic mass is 16.6. The molecule has 102 valence electrons. The van der Waals surface area contributed by atoms with Crippen LogP contribution in [-0.2, 0) is 0 Å². The second-order valence-electron chi connectivity index (χ2n) is 4.82. The molecule has 0 amide bonds. The lowest BCUT2D eigenvalue weighted by molar-refractivity contribution is -0.384. The molecule has 1 heterocycles. The van der Waals surface area contributed by atoms with Crippen molar-refractivity contribution in [1.82, 2.24) is 4.98 Å². The zero-order valence-electron chi connectivity index (χ0n) is 10.7. The molecular formula is C12H15N3O4. The van der Waals surface area contributed by atoms with Gasteiger partial charge in [-0.05, 0) is 25.7 Å². The lowest BCUT2D eigenvalue weighted by atomic mass is 10.2. The van der Waals surface area contributed by atoms with E-state index in [-0.39, 0.29) is 23.1 Å². The summed E-state index contributed by atoms with van der Waals surface area (Å²) in [6, 6.07) is 1.21. The molecule has 0 aromatic carbocycles. The van der Waals surface area contributed by atoms with E-state index >= 15 is 0 Å². The number of nitrogens with zero attached hydrogens (tertiary/aromatic N) is 3. The summed E-state index contributed by atoms with van der Waals surface area (Å²) in [5, 5.41) is 19.9. The number of anilines is 1. The summed E-state index contributed by atoms with van der Waals surface area (Å²) in [5.74, 6) is -0.472.